The quantitative estimate of drug-likeness (QED) is 0.657. The second kappa shape index (κ2) is 7.72. The van der Waals surface area contributed by atoms with Crippen molar-refractivity contribution in [3.8, 4) is 0 Å². The van der Waals surface area contributed by atoms with Gasteiger partial charge in [0.2, 0.25) is 5.91 Å². The molecule has 90 valence electrons. The second-order valence-electron chi connectivity index (χ2n) is 4.60. The van der Waals surface area contributed by atoms with Crippen molar-refractivity contribution >= 4 is 5.91 Å². The monoisotopic (exact) mass is 213 g/mol. The lowest BCUT2D eigenvalue weighted by molar-refractivity contribution is -0.123. The van der Waals surface area contributed by atoms with Gasteiger partial charge in [0.1, 0.15) is 0 Å². The van der Waals surface area contributed by atoms with E-state index in [0.29, 0.717) is 6.42 Å². The van der Waals surface area contributed by atoms with Gasteiger partial charge in [-0.05, 0) is 24.7 Å². The molecule has 0 atom stereocenters. The van der Waals surface area contributed by atoms with E-state index in [-0.39, 0.29) is 11.3 Å². The molecule has 15 heavy (non-hydrogen) atoms. The number of carbonyl (C=O) groups is 1. The highest BCUT2D eigenvalue weighted by Crippen LogP contribution is 2.38. The Bertz CT molecular complexity index is 160. The van der Waals surface area contributed by atoms with Crippen LogP contribution in [0.15, 0.2) is 0 Å². The SMILES string of the molecule is CCCC(CCC)(CCC)CC(=O)NC. The second-order valence-corrected chi connectivity index (χ2v) is 4.60. The molecular formula is C13H27NO. The summed E-state index contributed by atoms with van der Waals surface area (Å²) in [5.41, 5.74) is 0.262. The van der Waals surface area contributed by atoms with Gasteiger partial charge in [-0.2, -0.15) is 0 Å². The fraction of sp³-hybridized carbons (Fsp3) is 0.923. The lowest BCUT2D eigenvalue weighted by atomic mass is 9.73. The highest BCUT2D eigenvalue weighted by Gasteiger charge is 2.29. The van der Waals surface area contributed by atoms with E-state index in [1.54, 1.807) is 7.05 Å². The molecule has 0 heterocycles. The Balaban J connectivity index is 4.51. The van der Waals surface area contributed by atoms with Crippen LogP contribution in [0.25, 0.3) is 0 Å². The average Bonchev–Trinajstić information content (AvgIpc) is 2.18. The van der Waals surface area contributed by atoms with E-state index in [9.17, 15) is 4.79 Å². The van der Waals surface area contributed by atoms with E-state index < -0.39 is 0 Å². The maximum absolute atomic E-state index is 11.5. The van der Waals surface area contributed by atoms with Crippen molar-refractivity contribution in [1.29, 1.82) is 0 Å². The van der Waals surface area contributed by atoms with E-state index in [1.807, 2.05) is 0 Å². The van der Waals surface area contributed by atoms with Gasteiger partial charge in [0.15, 0.2) is 0 Å². The Morgan fingerprint density at radius 3 is 1.67 bits per heavy atom. The van der Waals surface area contributed by atoms with Crippen LogP contribution in [0.3, 0.4) is 0 Å². The number of rotatable bonds is 8. The van der Waals surface area contributed by atoms with Gasteiger partial charge in [-0.15, -0.1) is 0 Å². The number of nitrogens with one attached hydrogen (secondary N) is 1. The normalized spacial score (nSPS) is 11.5. The molecule has 0 aromatic rings. The first kappa shape index (κ1) is 14.5. The molecule has 0 fully saturated rings. The fourth-order valence-corrected chi connectivity index (χ4v) is 2.66. The predicted molar refractivity (Wildman–Crippen MR) is 65.8 cm³/mol. The summed E-state index contributed by atoms with van der Waals surface area (Å²) in [7, 11) is 1.73. The summed E-state index contributed by atoms with van der Waals surface area (Å²) < 4.78 is 0. The summed E-state index contributed by atoms with van der Waals surface area (Å²) in [5, 5.41) is 2.76. The van der Waals surface area contributed by atoms with Crippen molar-refractivity contribution in [2.45, 2.75) is 65.7 Å². The Labute approximate surface area is 94.8 Å². The van der Waals surface area contributed by atoms with E-state index in [0.717, 1.165) is 0 Å². The summed E-state index contributed by atoms with van der Waals surface area (Å²) >= 11 is 0. The van der Waals surface area contributed by atoms with Crippen LogP contribution in [0.1, 0.15) is 65.7 Å². The molecule has 0 saturated carbocycles. The minimum atomic E-state index is 0.199. The molecule has 0 rings (SSSR count). The van der Waals surface area contributed by atoms with E-state index in [2.05, 4.69) is 26.1 Å². The highest BCUT2D eigenvalue weighted by molar-refractivity contribution is 5.76. The molecule has 0 aromatic heterocycles. The van der Waals surface area contributed by atoms with Crippen LogP contribution in [-0.2, 0) is 4.79 Å². The standard InChI is InChI=1S/C13H27NO/c1-5-8-13(9-6-2,10-7-3)11-12(15)14-4/h5-11H2,1-4H3,(H,14,15). The molecule has 1 amide bonds. The van der Waals surface area contributed by atoms with Crippen molar-refractivity contribution in [2.75, 3.05) is 7.05 Å². The van der Waals surface area contributed by atoms with Crippen LogP contribution in [0.5, 0.6) is 0 Å². The summed E-state index contributed by atoms with van der Waals surface area (Å²) in [5.74, 6) is 0.199. The average molecular weight is 213 g/mol. The van der Waals surface area contributed by atoms with Crippen molar-refractivity contribution in [2.24, 2.45) is 5.41 Å². The van der Waals surface area contributed by atoms with Gasteiger partial charge in [-0.25, -0.2) is 0 Å². The molecule has 0 bridgehead atoms. The number of hydrogen-bond acceptors (Lipinski definition) is 1. The molecule has 0 unspecified atom stereocenters. The minimum absolute atomic E-state index is 0.199. The molecule has 0 aliphatic rings. The zero-order valence-electron chi connectivity index (χ0n) is 10.9. The Morgan fingerprint density at radius 1 is 1.00 bits per heavy atom. The molecular weight excluding hydrogens is 186 g/mol. The van der Waals surface area contributed by atoms with Gasteiger partial charge in [-0.1, -0.05) is 40.0 Å². The van der Waals surface area contributed by atoms with Crippen molar-refractivity contribution in [1.82, 2.24) is 5.32 Å². The van der Waals surface area contributed by atoms with Crippen LogP contribution in [0.4, 0.5) is 0 Å². The van der Waals surface area contributed by atoms with Gasteiger partial charge in [0.25, 0.3) is 0 Å². The van der Waals surface area contributed by atoms with Crippen LogP contribution in [-0.4, -0.2) is 13.0 Å². The van der Waals surface area contributed by atoms with Crippen LogP contribution in [0.2, 0.25) is 0 Å². The van der Waals surface area contributed by atoms with Crippen LogP contribution >= 0.6 is 0 Å². The zero-order valence-corrected chi connectivity index (χ0v) is 10.9. The van der Waals surface area contributed by atoms with Crippen LogP contribution < -0.4 is 5.32 Å². The summed E-state index contributed by atoms with van der Waals surface area (Å²) in [6.07, 6.45) is 7.79. The molecule has 1 N–H and O–H groups in total. The molecule has 0 saturated heterocycles. The van der Waals surface area contributed by atoms with E-state index in [4.69, 9.17) is 0 Å². The lowest BCUT2D eigenvalue weighted by Gasteiger charge is -2.32. The van der Waals surface area contributed by atoms with Gasteiger partial charge < -0.3 is 5.32 Å². The molecule has 2 nitrogen and oxygen atoms in total. The molecule has 0 spiro atoms. The summed E-state index contributed by atoms with van der Waals surface area (Å²) in [6.45, 7) is 6.64. The molecule has 0 radical (unpaired) electrons. The summed E-state index contributed by atoms with van der Waals surface area (Å²) in [4.78, 5) is 11.5. The number of carbonyl (C=O) groups excluding carboxylic acids is 1. The van der Waals surface area contributed by atoms with Gasteiger partial charge in [0.05, 0.1) is 0 Å². The maximum atomic E-state index is 11.5. The Morgan fingerprint density at radius 2 is 1.40 bits per heavy atom. The third-order valence-electron chi connectivity index (χ3n) is 3.16. The van der Waals surface area contributed by atoms with Gasteiger partial charge >= 0.3 is 0 Å². The topological polar surface area (TPSA) is 29.1 Å². The van der Waals surface area contributed by atoms with Crippen molar-refractivity contribution in [3.63, 3.8) is 0 Å². The Hall–Kier alpha value is -0.530. The lowest BCUT2D eigenvalue weighted by Crippen LogP contribution is -2.30. The minimum Gasteiger partial charge on any atom is -0.359 e. The van der Waals surface area contributed by atoms with E-state index in [1.165, 1.54) is 38.5 Å². The molecule has 0 aliphatic carbocycles. The predicted octanol–water partition coefficient (Wildman–Crippen LogP) is 3.51. The molecule has 0 aromatic carbocycles. The largest absolute Gasteiger partial charge is 0.359 e. The Kier molecular flexibility index (Phi) is 7.45. The first-order valence-electron chi connectivity index (χ1n) is 6.34. The van der Waals surface area contributed by atoms with Gasteiger partial charge in [0, 0.05) is 13.5 Å². The maximum Gasteiger partial charge on any atom is 0.220 e. The first-order valence-corrected chi connectivity index (χ1v) is 6.34. The zero-order chi connectivity index (χ0) is 11.7. The van der Waals surface area contributed by atoms with Crippen LogP contribution in [0, 0.1) is 5.41 Å². The van der Waals surface area contributed by atoms with Gasteiger partial charge in [-0.3, -0.25) is 4.79 Å². The third-order valence-corrected chi connectivity index (χ3v) is 3.16. The van der Waals surface area contributed by atoms with Crippen molar-refractivity contribution < 1.29 is 4.79 Å². The molecule has 0 aliphatic heterocycles. The summed E-state index contributed by atoms with van der Waals surface area (Å²) in [6, 6.07) is 0. The van der Waals surface area contributed by atoms with Crippen molar-refractivity contribution in [3.05, 3.63) is 0 Å². The molecule has 2 heteroatoms. The number of hydrogen-bond donors (Lipinski definition) is 1. The smallest absolute Gasteiger partial charge is 0.220 e. The fourth-order valence-electron chi connectivity index (χ4n) is 2.66. The third kappa shape index (κ3) is 5.19. The number of amides is 1. The van der Waals surface area contributed by atoms with E-state index >= 15 is 0 Å². The highest BCUT2D eigenvalue weighted by atomic mass is 16.1. The first-order chi connectivity index (χ1) is 7.14.